The lowest BCUT2D eigenvalue weighted by molar-refractivity contribution is -0.387. The second-order valence-corrected chi connectivity index (χ2v) is 9.28. The van der Waals surface area contributed by atoms with E-state index in [1.54, 1.807) is 4.90 Å². The van der Waals surface area contributed by atoms with Crippen molar-refractivity contribution in [2.45, 2.75) is 43.0 Å². The van der Waals surface area contributed by atoms with Crippen LogP contribution in [0, 0.1) is 16.0 Å². The molecular formula is C18H26N4O5S. The van der Waals surface area contributed by atoms with Gasteiger partial charge in [-0.15, -0.1) is 0 Å². The highest BCUT2D eigenvalue weighted by Crippen LogP contribution is 2.28. The van der Waals surface area contributed by atoms with E-state index in [9.17, 15) is 23.3 Å². The number of nitrogens with zero attached hydrogens (tertiary/aromatic N) is 3. The molecule has 28 heavy (non-hydrogen) atoms. The van der Waals surface area contributed by atoms with Crippen LogP contribution in [0.4, 0.5) is 5.69 Å². The Balaban J connectivity index is 1.66. The largest absolute Gasteiger partial charge is 0.339 e. The highest BCUT2D eigenvalue weighted by Gasteiger charge is 2.36. The third kappa shape index (κ3) is 4.18. The Morgan fingerprint density at radius 1 is 1.11 bits per heavy atom. The molecule has 154 valence electrons. The number of hydrogen-bond donors (Lipinski definition) is 1. The number of carbonyl (C=O) groups is 1. The standard InChI is InChI=1S/C18H26N4O5S/c19-17(14-6-2-1-3-7-14)18(23)20-10-12-21(13-11-20)28(26,27)16-9-5-4-8-15(16)22(24)25/h4-5,8-9,14,17H,1-3,6-7,10-13,19H2. The van der Waals surface area contributed by atoms with Crippen LogP contribution in [0.5, 0.6) is 0 Å². The third-order valence-corrected chi connectivity index (χ3v) is 7.62. The lowest BCUT2D eigenvalue weighted by Gasteiger charge is -2.37. The van der Waals surface area contributed by atoms with E-state index in [0.717, 1.165) is 25.7 Å². The van der Waals surface area contributed by atoms with Gasteiger partial charge in [0.1, 0.15) is 0 Å². The van der Waals surface area contributed by atoms with Crippen LogP contribution in [-0.2, 0) is 14.8 Å². The average Bonchev–Trinajstić information content (AvgIpc) is 2.73. The first-order valence-corrected chi connectivity index (χ1v) is 11.0. The lowest BCUT2D eigenvalue weighted by atomic mass is 9.83. The molecule has 2 fully saturated rings. The molecule has 1 aromatic rings. The van der Waals surface area contributed by atoms with Crippen LogP contribution in [0.3, 0.4) is 0 Å². The summed E-state index contributed by atoms with van der Waals surface area (Å²) in [5, 5.41) is 11.2. The van der Waals surface area contributed by atoms with Gasteiger partial charge in [-0.1, -0.05) is 31.4 Å². The average molecular weight is 410 g/mol. The zero-order valence-corrected chi connectivity index (χ0v) is 16.5. The molecule has 0 spiro atoms. The first-order chi connectivity index (χ1) is 13.3. The summed E-state index contributed by atoms with van der Waals surface area (Å²) in [6, 6.07) is 4.77. The Morgan fingerprint density at radius 3 is 2.32 bits per heavy atom. The molecule has 1 aromatic carbocycles. The van der Waals surface area contributed by atoms with E-state index >= 15 is 0 Å². The van der Waals surface area contributed by atoms with Crippen LogP contribution in [-0.4, -0.2) is 60.7 Å². The summed E-state index contributed by atoms with van der Waals surface area (Å²) in [5.74, 6) is 0.0598. The maximum absolute atomic E-state index is 12.9. The number of piperazine rings is 1. The highest BCUT2D eigenvalue weighted by molar-refractivity contribution is 7.89. The van der Waals surface area contributed by atoms with Crippen LogP contribution in [0.1, 0.15) is 32.1 Å². The topological polar surface area (TPSA) is 127 Å². The zero-order chi connectivity index (χ0) is 20.3. The van der Waals surface area contributed by atoms with E-state index in [1.165, 1.54) is 35.0 Å². The summed E-state index contributed by atoms with van der Waals surface area (Å²) in [5.41, 5.74) is 5.75. The number of hydrogen-bond acceptors (Lipinski definition) is 6. The van der Waals surface area contributed by atoms with Crippen molar-refractivity contribution in [1.82, 2.24) is 9.21 Å². The minimum atomic E-state index is -4.01. The molecule has 1 amide bonds. The molecule has 2 aliphatic rings. The maximum atomic E-state index is 12.9. The van der Waals surface area contributed by atoms with E-state index in [-0.39, 0.29) is 42.9 Å². The van der Waals surface area contributed by atoms with Gasteiger partial charge in [-0.3, -0.25) is 14.9 Å². The number of amides is 1. The molecule has 0 aromatic heterocycles. The number of carbonyl (C=O) groups excluding carboxylic acids is 1. The smallest absolute Gasteiger partial charge is 0.289 e. The summed E-state index contributed by atoms with van der Waals surface area (Å²) in [6.07, 6.45) is 5.28. The van der Waals surface area contributed by atoms with Crippen molar-refractivity contribution in [3.63, 3.8) is 0 Å². The number of nitro groups is 1. The van der Waals surface area contributed by atoms with Gasteiger partial charge in [0.05, 0.1) is 11.0 Å². The molecule has 0 bridgehead atoms. The number of sulfonamides is 1. The molecule has 1 atom stereocenters. The molecule has 1 saturated heterocycles. The van der Waals surface area contributed by atoms with Gasteiger partial charge < -0.3 is 10.6 Å². The Labute approximate surface area is 164 Å². The molecule has 1 unspecified atom stereocenters. The van der Waals surface area contributed by atoms with Gasteiger partial charge in [0.2, 0.25) is 15.9 Å². The molecule has 1 saturated carbocycles. The van der Waals surface area contributed by atoms with Gasteiger partial charge in [0, 0.05) is 32.2 Å². The van der Waals surface area contributed by atoms with Crippen molar-refractivity contribution in [2.24, 2.45) is 11.7 Å². The van der Waals surface area contributed by atoms with Gasteiger partial charge in [-0.2, -0.15) is 4.31 Å². The van der Waals surface area contributed by atoms with Crippen molar-refractivity contribution < 1.29 is 18.1 Å². The van der Waals surface area contributed by atoms with Gasteiger partial charge in [-0.05, 0) is 24.8 Å². The van der Waals surface area contributed by atoms with E-state index in [0.29, 0.717) is 0 Å². The fourth-order valence-corrected chi connectivity index (χ4v) is 5.60. The van der Waals surface area contributed by atoms with Crippen LogP contribution >= 0.6 is 0 Å². The van der Waals surface area contributed by atoms with Crippen molar-refractivity contribution in [2.75, 3.05) is 26.2 Å². The highest BCUT2D eigenvalue weighted by atomic mass is 32.2. The molecule has 2 N–H and O–H groups in total. The number of nitrogens with two attached hydrogens (primary N) is 1. The van der Waals surface area contributed by atoms with Gasteiger partial charge >= 0.3 is 0 Å². The normalized spacial score (nSPS) is 20.7. The zero-order valence-electron chi connectivity index (χ0n) is 15.7. The quantitative estimate of drug-likeness (QED) is 0.576. The Morgan fingerprint density at radius 2 is 1.71 bits per heavy atom. The van der Waals surface area contributed by atoms with Gasteiger partial charge in [0.25, 0.3) is 5.69 Å². The molecule has 1 aliphatic heterocycles. The number of para-hydroxylation sites is 1. The molecule has 0 radical (unpaired) electrons. The maximum Gasteiger partial charge on any atom is 0.289 e. The summed E-state index contributed by atoms with van der Waals surface area (Å²) in [7, 11) is -4.01. The minimum absolute atomic E-state index is 0.0948. The van der Waals surface area contributed by atoms with Crippen molar-refractivity contribution in [1.29, 1.82) is 0 Å². The van der Waals surface area contributed by atoms with E-state index in [2.05, 4.69) is 0 Å². The van der Waals surface area contributed by atoms with E-state index in [4.69, 9.17) is 5.73 Å². The molecular weight excluding hydrogens is 384 g/mol. The Kier molecular flexibility index (Phi) is 6.31. The summed E-state index contributed by atoms with van der Waals surface area (Å²) in [6.45, 7) is 0.660. The number of benzene rings is 1. The van der Waals surface area contributed by atoms with Crippen molar-refractivity contribution >= 4 is 21.6 Å². The molecule has 1 heterocycles. The second kappa shape index (κ2) is 8.54. The first-order valence-electron chi connectivity index (χ1n) is 9.60. The summed E-state index contributed by atoms with van der Waals surface area (Å²) in [4.78, 5) is 24.5. The number of nitro benzene ring substituents is 1. The van der Waals surface area contributed by atoms with E-state index < -0.39 is 26.7 Å². The van der Waals surface area contributed by atoms with Gasteiger partial charge in [0.15, 0.2) is 4.90 Å². The summed E-state index contributed by atoms with van der Waals surface area (Å²) < 4.78 is 26.9. The third-order valence-electron chi connectivity index (χ3n) is 5.67. The minimum Gasteiger partial charge on any atom is -0.339 e. The molecule has 1 aliphatic carbocycles. The van der Waals surface area contributed by atoms with Crippen LogP contribution in [0.15, 0.2) is 29.2 Å². The molecule has 9 nitrogen and oxygen atoms in total. The fraction of sp³-hybridized carbons (Fsp3) is 0.611. The number of rotatable bonds is 5. The second-order valence-electron chi connectivity index (χ2n) is 7.38. The van der Waals surface area contributed by atoms with Gasteiger partial charge in [-0.25, -0.2) is 8.42 Å². The Bertz CT molecular complexity index is 830. The Hall–Kier alpha value is -2.04. The molecule has 10 heteroatoms. The SMILES string of the molecule is NC(C(=O)N1CCN(S(=O)(=O)c2ccccc2[N+](=O)[O-])CC1)C1CCCCC1. The predicted octanol–water partition coefficient (Wildman–Crippen LogP) is 1.34. The van der Waals surface area contributed by atoms with Crippen LogP contribution in [0.25, 0.3) is 0 Å². The van der Waals surface area contributed by atoms with Crippen LogP contribution in [0.2, 0.25) is 0 Å². The monoisotopic (exact) mass is 410 g/mol. The van der Waals surface area contributed by atoms with Crippen LogP contribution < -0.4 is 5.73 Å². The van der Waals surface area contributed by atoms with E-state index in [1.807, 2.05) is 0 Å². The first kappa shape index (κ1) is 20.7. The van der Waals surface area contributed by atoms with Crippen molar-refractivity contribution in [3.8, 4) is 0 Å². The molecule has 3 rings (SSSR count). The fourth-order valence-electron chi connectivity index (χ4n) is 4.02. The predicted molar refractivity (Wildman–Crippen MR) is 103 cm³/mol. The van der Waals surface area contributed by atoms with Crippen molar-refractivity contribution in [3.05, 3.63) is 34.4 Å². The lowest BCUT2D eigenvalue weighted by Crippen LogP contribution is -2.55. The summed E-state index contributed by atoms with van der Waals surface area (Å²) >= 11 is 0.